The minimum Gasteiger partial charge on any atom is -0.347 e. The van der Waals surface area contributed by atoms with E-state index in [9.17, 15) is 14.4 Å². The number of rotatable bonds is 2. The quantitative estimate of drug-likeness (QED) is 0.836. The van der Waals surface area contributed by atoms with Gasteiger partial charge in [-0.2, -0.15) is 0 Å². The molecule has 0 amide bonds. The van der Waals surface area contributed by atoms with Crippen molar-refractivity contribution in [2.75, 3.05) is 0 Å². The molecule has 0 aliphatic heterocycles. The van der Waals surface area contributed by atoms with E-state index in [1.807, 2.05) is 13.8 Å². The summed E-state index contributed by atoms with van der Waals surface area (Å²) in [6.07, 6.45) is 2.18. The fourth-order valence-corrected chi connectivity index (χ4v) is 2.19. The fraction of sp³-hybridized carbons (Fsp3) is 0.462. The number of nitrogens with one attached hydrogen (secondary N) is 1. The molecule has 2 aromatic heterocycles. The zero-order valence-electron chi connectivity index (χ0n) is 11.5. The van der Waals surface area contributed by atoms with Gasteiger partial charge in [0.25, 0.3) is 5.56 Å². The molecule has 19 heavy (non-hydrogen) atoms. The minimum atomic E-state index is -0.551. The second-order valence-corrected chi connectivity index (χ2v) is 5.17. The van der Waals surface area contributed by atoms with Crippen molar-refractivity contribution in [1.29, 1.82) is 0 Å². The third kappa shape index (κ3) is 2.03. The largest absolute Gasteiger partial charge is 0.347 e. The van der Waals surface area contributed by atoms with Crippen molar-refractivity contribution >= 4 is 11.0 Å². The second-order valence-electron chi connectivity index (χ2n) is 5.17. The van der Waals surface area contributed by atoms with E-state index in [1.54, 1.807) is 6.20 Å². The summed E-state index contributed by atoms with van der Waals surface area (Å²) in [5, 5.41) is 0.0442. The fourth-order valence-electron chi connectivity index (χ4n) is 2.19. The van der Waals surface area contributed by atoms with Crippen LogP contribution in [0.1, 0.15) is 19.4 Å². The van der Waals surface area contributed by atoms with Crippen molar-refractivity contribution in [2.24, 2.45) is 20.0 Å². The van der Waals surface area contributed by atoms with Crippen LogP contribution in [0.15, 0.2) is 20.6 Å². The highest BCUT2D eigenvalue weighted by Gasteiger charge is 2.14. The molecule has 1 N–H and O–H groups in total. The molecule has 0 fully saturated rings. The standard InChI is InChI=1S/C13H17N3O3/c1-7(2)5-8-6-14-11-9(10(8)17)12(18)16(4)13(19)15(11)3/h6-7H,5H2,1-4H3,(H,14,17). The topological polar surface area (TPSA) is 76.9 Å². The van der Waals surface area contributed by atoms with Crippen molar-refractivity contribution < 1.29 is 0 Å². The molecule has 0 aliphatic rings. The highest BCUT2D eigenvalue weighted by molar-refractivity contribution is 5.74. The normalized spacial score (nSPS) is 11.4. The Kier molecular flexibility index (Phi) is 3.18. The monoisotopic (exact) mass is 263 g/mol. The van der Waals surface area contributed by atoms with Gasteiger partial charge in [-0.1, -0.05) is 13.8 Å². The van der Waals surface area contributed by atoms with Gasteiger partial charge in [0.2, 0.25) is 0 Å². The van der Waals surface area contributed by atoms with Crippen LogP contribution < -0.4 is 16.7 Å². The van der Waals surface area contributed by atoms with Crippen LogP contribution in [0, 0.1) is 5.92 Å². The SMILES string of the molecule is CC(C)Cc1c[nH]c2c(c1=O)c(=O)n(C)c(=O)n2C. The summed E-state index contributed by atoms with van der Waals surface area (Å²) in [6.45, 7) is 4.00. The summed E-state index contributed by atoms with van der Waals surface area (Å²) in [6, 6.07) is 0. The Morgan fingerprint density at radius 1 is 1.16 bits per heavy atom. The van der Waals surface area contributed by atoms with Gasteiger partial charge in [-0.25, -0.2) is 4.79 Å². The molecule has 0 atom stereocenters. The lowest BCUT2D eigenvalue weighted by Crippen LogP contribution is -2.39. The van der Waals surface area contributed by atoms with E-state index >= 15 is 0 Å². The van der Waals surface area contributed by atoms with Gasteiger partial charge < -0.3 is 4.98 Å². The Morgan fingerprint density at radius 3 is 2.37 bits per heavy atom. The molecule has 2 rings (SSSR count). The van der Waals surface area contributed by atoms with E-state index < -0.39 is 11.2 Å². The zero-order valence-corrected chi connectivity index (χ0v) is 11.5. The first-order valence-corrected chi connectivity index (χ1v) is 6.15. The maximum Gasteiger partial charge on any atom is 0.332 e. The Bertz CT molecular complexity index is 809. The van der Waals surface area contributed by atoms with Gasteiger partial charge in [0.15, 0.2) is 5.43 Å². The summed E-state index contributed by atoms with van der Waals surface area (Å²) in [7, 11) is 2.90. The summed E-state index contributed by atoms with van der Waals surface area (Å²) in [4.78, 5) is 39.1. The van der Waals surface area contributed by atoms with Gasteiger partial charge in [0.1, 0.15) is 11.0 Å². The summed E-state index contributed by atoms with van der Waals surface area (Å²) in [5.74, 6) is 0.315. The van der Waals surface area contributed by atoms with Gasteiger partial charge in [0.05, 0.1) is 0 Å². The van der Waals surface area contributed by atoms with E-state index in [1.165, 1.54) is 18.7 Å². The predicted octanol–water partition coefficient (Wildman–Crippen LogP) is 0.124. The molecule has 102 valence electrons. The first-order chi connectivity index (χ1) is 8.84. The number of aromatic amines is 1. The van der Waals surface area contributed by atoms with Gasteiger partial charge in [-0.05, 0) is 12.3 Å². The van der Waals surface area contributed by atoms with E-state index in [2.05, 4.69) is 4.98 Å². The number of aromatic nitrogens is 3. The van der Waals surface area contributed by atoms with E-state index in [-0.39, 0.29) is 16.5 Å². The van der Waals surface area contributed by atoms with Crippen LogP contribution >= 0.6 is 0 Å². The molecule has 0 saturated carbocycles. The lowest BCUT2D eigenvalue weighted by Gasteiger charge is -2.09. The first-order valence-electron chi connectivity index (χ1n) is 6.15. The van der Waals surface area contributed by atoms with Gasteiger partial charge >= 0.3 is 5.69 Å². The Balaban J connectivity index is 2.95. The van der Waals surface area contributed by atoms with Crippen LogP contribution in [0.4, 0.5) is 0 Å². The highest BCUT2D eigenvalue weighted by Crippen LogP contribution is 2.05. The molecular weight excluding hydrogens is 246 g/mol. The maximum absolute atomic E-state index is 12.4. The molecule has 0 spiro atoms. The van der Waals surface area contributed by atoms with Crippen LogP contribution in [0.25, 0.3) is 11.0 Å². The first kappa shape index (κ1) is 13.3. The number of H-pyrrole nitrogens is 1. The highest BCUT2D eigenvalue weighted by atomic mass is 16.2. The summed E-state index contributed by atoms with van der Waals surface area (Å²) >= 11 is 0. The van der Waals surface area contributed by atoms with Crippen LogP contribution in [0.2, 0.25) is 0 Å². The Morgan fingerprint density at radius 2 is 1.79 bits per heavy atom. The Labute approximate surface area is 109 Å². The molecular formula is C13H17N3O3. The lowest BCUT2D eigenvalue weighted by molar-refractivity contribution is 0.642. The van der Waals surface area contributed by atoms with Crippen LogP contribution in [-0.2, 0) is 20.5 Å². The summed E-state index contributed by atoms with van der Waals surface area (Å²) < 4.78 is 2.23. The van der Waals surface area contributed by atoms with Gasteiger partial charge in [-0.3, -0.25) is 18.7 Å². The predicted molar refractivity (Wildman–Crippen MR) is 73.6 cm³/mol. The summed E-state index contributed by atoms with van der Waals surface area (Å²) in [5.41, 5.74) is -0.461. The molecule has 0 radical (unpaired) electrons. The molecule has 0 aliphatic carbocycles. The minimum absolute atomic E-state index is 0.0442. The molecule has 6 heteroatoms. The number of hydrogen-bond donors (Lipinski definition) is 1. The smallest absolute Gasteiger partial charge is 0.332 e. The number of pyridine rings is 1. The van der Waals surface area contributed by atoms with E-state index in [0.29, 0.717) is 17.9 Å². The number of aryl methyl sites for hydroxylation is 1. The Hall–Kier alpha value is -2.11. The van der Waals surface area contributed by atoms with E-state index in [4.69, 9.17) is 0 Å². The molecule has 0 saturated heterocycles. The average molecular weight is 263 g/mol. The van der Waals surface area contributed by atoms with Crippen molar-refractivity contribution in [1.82, 2.24) is 14.1 Å². The van der Waals surface area contributed by atoms with E-state index in [0.717, 1.165) is 4.57 Å². The van der Waals surface area contributed by atoms with Crippen molar-refractivity contribution in [3.05, 3.63) is 42.8 Å². The molecule has 0 bridgehead atoms. The van der Waals surface area contributed by atoms with Crippen molar-refractivity contribution in [3.63, 3.8) is 0 Å². The lowest BCUT2D eigenvalue weighted by atomic mass is 10.0. The van der Waals surface area contributed by atoms with Crippen molar-refractivity contribution in [3.8, 4) is 0 Å². The van der Waals surface area contributed by atoms with Crippen LogP contribution in [-0.4, -0.2) is 14.1 Å². The van der Waals surface area contributed by atoms with Crippen LogP contribution in [0.3, 0.4) is 0 Å². The molecule has 0 unspecified atom stereocenters. The molecule has 2 aromatic rings. The van der Waals surface area contributed by atoms with Crippen molar-refractivity contribution in [2.45, 2.75) is 20.3 Å². The number of hydrogen-bond acceptors (Lipinski definition) is 3. The van der Waals surface area contributed by atoms with Crippen LogP contribution in [0.5, 0.6) is 0 Å². The maximum atomic E-state index is 12.4. The second kappa shape index (κ2) is 4.53. The zero-order chi connectivity index (χ0) is 14.3. The number of fused-ring (bicyclic) bond motifs is 1. The molecule has 2 heterocycles. The average Bonchev–Trinajstić information content (AvgIpc) is 2.35. The molecule has 0 aromatic carbocycles. The molecule has 6 nitrogen and oxygen atoms in total. The third-order valence-electron chi connectivity index (χ3n) is 3.19. The van der Waals surface area contributed by atoms with Gasteiger partial charge in [-0.15, -0.1) is 0 Å². The van der Waals surface area contributed by atoms with Gasteiger partial charge in [0, 0.05) is 25.9 Å². The number of nitrogens with zero attached hydrogens (tertiary/aromatic N) is 2. The third-order valence-corrected chi connectivity index (χ3v) is 3.19.